The number of hydrogen-bond acceptors (Lipinski definition) is 2. The third-order valence-electron chi connectivity index (χ3n) is 1.84. The number of aromatic nitrogens is 1. The van der Waals surface area contributed by atoms with E-state index in [0.717, 1.165) is 22.9 Å². The van der Waals surface area contributed by atoms with Crippen LogP contribution in [0.5, 0.6) is 0 Å². The van der Waals surface area contributed by atoms with Crippen molar-refractivity contribution in [1.82, 2.24) is 4.57 Å². The topological polar surface area (TPSA) is 39.1 Å². The van der Waals surface area contributed by atoms with Crippen molar-refractivity contribution >= 4 is 5.78 Å². The Kier molecular flexibility index (Phi) is 2.97. The molecule has 6 heteroatoms. The number of aryl methyl sites for hydroxylation is 1. The number of ketones is 1. The van der Waals surface area contributed by atoms with Gasteiger partial charge in [-0.1, -0.05) is 0 Å². The number of carbonyl (C=O) groups excluding carboxylic acids is 1. The number of rotatable bonds is 2. The maximum absolute atomic E-state index is 12.0. The summed E-state index contributed by atoms with van der Waals surface area (Å²) < 4.78 is 37.1. The van der Waals surface area contributed by atoms with Crippen LogP contribution in [0.25, 0.3) is 0 Å². The van der Waals surface area contributed by atoms with Crippen LogP contribution in [-0.2, 0) is 6.54 Å². The lowest BCUT2D eigenvalue weighted by atomic mass is 10.2. The molecule has 0 amide bonds. The number of pyridine rings is 1. The standard InChI is InChI=1S/C9H8F3NO2/c1-2-13-5-6(3-4-7(13)14)8(15)9(10,11)12/h3-5H,2H2,1H3. The Balaban J connectivity index is 3.18. The molecule has 0 aliphatic rings. The predicted octanol–water partition coefficient (Wildman–Crippen LogP) is 1.61. The largest absolute Gasteiger partial charge is 0.454 e. The van der Waals surface area contributed by atoms with Gasteiger partial charge >= 0.3 is 6.18 Å². The highest BCUT2D eigenvalue weighted by molar-refractivity contribution is 5.99. The van der Waals surface area contributed by atoms with E-state index in [1.807, 2.05) is 0 Å². The number of Topliss-reactive ketones (excluding diaryl/α,β-unsaturated/α-hetero) is 1. The Morgan fingerprint density at radius 3 is 2.47 bits per heavy atom. The van der Waals surface area contributed by atoms with Crippen LogP contribution in [0.2, 0.25) is 0 Å². The van der Waals surface area contributed by atoms with Gasteiger partial charge in [-0.3, -0.25) is 9.59 Å². The Morgan fingerprint density at radius 2 is 2.00 bits per heavy atom. The van der Waals surface area contributed by atoms with Crippen molar-refractivity contribution in [3.05, 3.63) is 34.2 Å². The van der Waals surface area contributed by atoms with Crippen molar-refractivity contribution in [2.45, 2.75) is 19.6 Å². The quantitative estimate of drug-likeness (QED) is 0.709. The molecule has 0 spiro atoms. The summed E-state index contributed by atoms with van der Waals surface area (Å²) in [4.78, 5) is 21.9. The van der Waals surface area contributed by atoms with Gasteiger partial charge < -0.3 is 4.57 Å². The lowest BCUT2D eigenvalue weighted by Crippen LogP contribution is -2.26. The van der Waals surface area contributed by atoms with Crippen molar-refractivity contribution in [3.63, 3.8) is 0 Å². The summed E-state index contributed by atoms with van der Waals surface area (Å²) in [7, 11) is 0. The van der Waals surface area contributed by atoms with Crippen LogP contribution in [0.1, 0.15) is 17.3 Å². The molecule has 1 rings (SSSR count). The van der Waals surface area contributed by atoms with Crippen molar-refractivity contribution < 1.29 is 18.0 Å². The summed E-state index contributed by atoms with van der Waals surface area (Å²) in [5.74, 6) is -1.94. The number of alkyl halides is 3. The zero-order valence-corrected chi connectivity index (χ0v) is 7.84. The first-order chi connectivity index (χ1) is 6.86. The molecule has 0 unspecified atom stereocenters. The predicted molar refractivity (Wildman–Crippen MR) is 46.8 cm³/mol. The maximum Gasteiger partial charge on any atom is 0.454 e. The molecule has 0 aliphatic carbocycles. The molecule has 0 saturated heterocycles. The fourth-order valence-electron chi connectivity index (χ4n) is 1.08. The second-order valence-corrected chi connectivity index (χ2v) is 2.87. The highest BCUT2D eigenvalue weighted by Crippen LogP contribution is 2.20. The zero-order valence-electron chi connectivity index (χ0n) is 7.84. The van der Waals surface area contributed by atoms with Gasteiger partial charge in [0, 0.05) is 24.4 Å². The molecule has 0 aliphatic heterocycles. The van der Waals surface area contributed by atoms with E-state index < -0.39 is 23.1 Å². The molecule has 0 N–H and O–H groups in total. The SMILES string of the molecule is CCn1cc(C(=O)C(F)(F)F)ccc1=O. The van der Waals surface area contributed by atoms with Gasteiger partial charge in [-0.2, -0.15) is 13.2 Å². The van der Waals surface area contributed by atoms with Crippen LogP contribution < -0.4 is 5.56 Å². The summed E-state index contributed by atoms with van der Waals surface area (Å²) >= 11 is 0. The zero-order chi connectivity index (χ0) is 11.6. The number of carbonyl (C=O) groups is 1. The molecule has 0 atom stereocenters. The second-order valence-electron chi connectivity index (χ2n) is 2.87. The summed E-state index contributed by atoms with van der Waals surface area (Å²) in [5.41, 5.74) is -0.958. The van der Waals surface area contributed by atoms with Gasteiger partial charge in [0.2, 0.25) is 0 Å². The van der Waals surface area contributed by atoms with Crippen LogP contribution >= 0.6 is 0 Å². The average Bonchev–Trinajstić information content (AvgIpc) is 2.16. The van der Waals surface area contributed by atoms with E-state index >= 15 is 0 Å². The lowest BCUT2D eigenvalue weighted by Gasteiger charge is -2.07. The summed E-state index contributed by atoms with van der Waals surface area (Å²) in [6.45, 7) is 1.82. The maximum atomic E-state index is 12.0. The van der Waals surface area contributed by atoms with E-state index in [-0.39, 0.29) is 6.54 Å². The van der Waals surface area contributed by atoms with Gasteiger partial charge in [0.25, 0.3) is 11.3 Å². The van der Waals surface area contributed by atoms with E-state index in [1.54, 1.807) is 6.92 Å². The molecule has 15 heavy (non-hydrogen) atoms. The molecule has 0 fully saturated rings. The lowest BCUT2D eigenvalue weighted by molar-refractivity contribution is -0.0885. The molecule has 0 aromatic carbocycles. The van der Waals surface area contributed by atoms with Crippen LogP contribution in [0.3, 0.4) is 0 Å². The van der Waals surface area contributed by atoms with Gasteiger partial charge in [0.05, 0.1) is 0 Å². The minimum atomic E-state index is -4.91. The minimum absolute atomic E-state index is 0.220. The van der Waals surface area contributed by atoms with Crippen LogP contribution in [0.15, 0.2) is 23.1 Å². The van der Waals surface area contributed by atoms with Crippen molar-refractivity contribution in [1.29, 1.82) is 0 Å². The van der Waals surface area contributed by atoms with Gasteiger partial charge in [-0.25, -0.2) is 0 Å². The first kappa shape index (κ1) is 11.5. The Morgan fingerprint density at radius 1 is 1.40 bits per heavy atom. The molecule has 0 radical (unpaired) electrons. The minimum Gasteiger partial charge on any atom is -0.315 e. The van der Waals surface area contributed by atoms with Crippen LogP contribution in [0, 0.1) is 0 Å². The molecular weight excluding hydrogens is 211 g/mol. The van der Waals surface area contributed by atoms with Crippen molar-refractivity contribution in [2.75, 3.05) is 0 Å². The van der Waals surface area contributed by atoms with Gasteiger partial charge in [-0.05, 0) is 13.0 Å². The van der Waals surface area contributed by atoms with E-state index in [1.165, 1.54) is 0 Å². The molecule has 1 heterocycles. The number of hydrogen-bond donors (Lipinski definition) is 0. The van der Waals surface area contributed by atoms with Crippen LogP contribution in [-0.4, -0.2) is 16.5 Å². The molecule has 1 aromatic rings. The number of halogens is 3. The van der Waals surface area contributed by atoms with E-state index in [9.17, 15) is 22.8 Å². The summed E-state index contributed by atoms with van der Waals surface area (Å²) in [6.07, 6.45) is -3.99. The highest BCUT2D eigenvalue weighted by atomic mass is 19.4. The second kappa shape index (κ2) is 3.88. The molecular formula is C9H8F3NO2. The summed E-state index contributed by atoms with van der Waals surface area (Å²) in [5, 5.41) is 0. The van der Waals surface area contributed by atoms with Crippen LogP contribution in [0.4, 0.5) is 13.2 Å². The molecule has 3 nitrogen and oxygen atoms in total. The number of nitrogens with zero attached hydrogens (tertiary/aromatic N) is 1. The normalized spacial score (nSPS) is 11.5. The van der Waals surface area contributed by atoms with E-state index in [0.29, 0.717) is 0 Å². The Hall–Kier alpha value is -1.59. The highest BCUT2D eigenvalue weighted by Gasteiger charge is 2.39. The van der Waals surface area contributed by atoms with Crippen molar-refractivity contribution in [3.8, 4) is 0 Å². The van der Waals surface area contributed by atoms with Crippen molar-refractivity contribution in [2.24, 2.45) is 0 Å². The Bertz CT molecular complexity index is 434. The third kappa shape index (κ3) is 2.45. The van der Waals surface area contributed by atoms with E-state index in [2.05, 4.69) is 0 Å². The summed E-state index contributed by atoms with van der Waals surface area (Å²) in [6, 6.07) is 1.83. The Labute approximate surface area is 83.1 Å². The molecule has 1 aromatic heterocycles. The fourth-order valence-corrected chi connectivity index (χ4v) is 1.08. The molecule has 0 bridgehead atoms. The van der Waals surface area contributed by atoms with Gasteiger partial charge in [0.15, 0.2) is 0 Å². The monoisotopic (exact) mass is 219 g/mol. The van der Waals surface area contributed by atoms with Gasteiger partial charge in [-0.15, -0.1) is 0 Å². The average molecular weight is 219 g/mol. The fraction of sp³-hybridized carbons (Fsp3) is 0.333. The third-order valence-corrected chi connectivity index (χ3v) is 1.84. The van der Waals surface area contributed by atoms with Gasteiger partial charge in [0.1, 0.15) is 0 Å². The molecule has 82 valence electrons. The smallest absolute Gasteiger partial charge is 0.315 e. The van der Waals surface area contributed by atoms with E-state index in [4.69, 9.17) is 0 Å². The molecule has 0 saturated carbocycles. The first-order valence-electron chi connectivity index (χ1n) is 4.18. The first-order valence-corrected chi connectivity index (χ1v) is 4.18.